The summed E-state index contributed by atoms with van der Waals surface area (Å²) in [5.41, 5.74) is 0. The van der Waals surface area contributed by atoms with Crippen molar-refractivity contribution in [2.24, 2.45) is 11.8 Å². The minimum Gasteiger partial charge on any atom is -0.352 e. The Hall–Kier alpha value is -1.04. The number of hydrogen-bond acceptors (Lipinski definition) is 4. The van der Waals surface area contributed by atoms with Crippen LogP contribution in [0.15, 0.2) is 0 Å². The second-order valence-electron chi connectivity index (χ2n) is 7.36. The number of fused-ring (bicyclic) bond motifs is 1. The van der Waals surface area contributed by atoms with Gasteiger partial charge in [-0.3, -0.25) is 19.3 Å². The summed E-state index contributed by atoms with van der Waals surface area (Å²) < 4.78 is 0. The smallest absolute Gasteiger partial charge is 0.244 e. The third-order valence-corrected chi connectivity index (χ3v) is 6.41. The van der Waals surface area contributed by atoms with Crippen LogP contribution >= 0.6 is 11.8 Å². The Kier molecular flexibility index (Phi) is 5.85. The molecule has 24 heavy (non-hydrogen) atoms. The van der Waals surface area contributed by atoms with Crippen molar-refractivity contribution in [3.8, 4) is 0 Å². The molecule has 134 valence electrons. The summed E-state index contributed by atoms with van der Waals surface area (Å²) in [7, 11) is 0. The molecule has 6 heteroatoms. The number of thioether (sulfide) groups is 1. The first-order valence-electron chi connectivity index (χ1n) is 9.29. The molecule has 1 saturated heterocycles. The lowest BCUT2D eigenvalue weighted by Crippen LogP contribution is -2.53. The minimum atomic E-state index is -0.646. The van der Waals surface area contributed by atoms with Crippen LogP contribution in [0.4, 0.5) is 0 Å². The topological polar surface area (TPSA) is 66.5 Å². The van der Waals surface area contributed by atoms with Gasteiger partial charge in [-0.05, 0) is 31.9 Å². The van der Waals surface area contributed by atoms with E-state index in [1.54, 1.807) is 0 Å². The molecule has 0 aromatic rings. The number of carbonyl (C=O) groups excluding carboxylic acids is 3. The lowest BCUT2D eigenvalue weighted by molar-refractivity contribution is -0.147. The highest BCUT2D eigenvalue weighted by molar-refractivity contribution is 7.98. The molecule has 0 aromatic heterocycles. The van der Waals surface area contributed by atoms with E-state index in [0.717, 1.165) is 51.4 Å². The first-order valence-corrected chi connectivity index (χ1v) is 10.7. The predicted octanol–water partition coefficient (Wildman–Crippen LogP) is 2.34. The van der Waals surface area contributed by atoms with E-state index >= 15 is 0 Å². The van der Waals surface area contributed by atoms with Crippen molar-refractivity contribution in [1.82, 2.24) is 10.2 Å². The van der Waals surface area contributed by atoms with Crippen molar-refractivity contribution in [2.45, 2.75) is 69.9 Å². The Bertz CT molecular complexity index is 480. The zero-order chi connectivity index (χ0) is 17.1. The maximum absolute atomic E-state index is 12.8. The molecule has 2 saturated carbocycles. The highest BCUT2D eigenvalue weighted by Gasteiger charge is 2.51. The van der Waals surface area contributed by atoms with Crippen molar-refractivity contribution < 1.29 is 14.4 Å². The summed E-state index contributed by atoms with van der Waals surface area (Å²) in [4.78, 5) is 39.7. The fourth-order valence-corrected chi connectivity index (χ4v) is 5.08. The van der Waals surface area contributed by atoms with Crippen LogP contribution in [0.5, 0.6) is 0 Å². The van der Waals surface area contributed by atoms with Crippen molar-refractivity contribution in [3.63, 3.8) is 0 Å². The summed E-state index contributed by atoms with van der Waals surface area (Å²) in [6.07, 6.45) is 11.0. The molecule has 1 aliphatic heterocycles. The predicted molar refractivity (Wildman–Crippen MR) is 94.5 cm³/mol. The SMILES string of the molecule is CSC[C@H](C(=O)NC1CCCCC1)N1C(=O)[C@H]2CCCC[C@@H]2C1=O. The molecule has 0 spiro atoms. The van der Waals surface area contributed by atoms with Gasteiger partial charge in [0.15, 0.2) is 0 Å². The number of nitrogens with one attached hydrogen (secondary N) is 1. The van der Waals surface area contributed by atoms with Gasteiger partial charge in [-0.15, -0.1) is 0 Å². The summed E-state index contributed by atoms with van der Waals surface area (Å²) in [6, 6.07) is -0.446. The van der Waals surface area contributed by atoms with E-state index in [-0.39, 0.29) is 35.6 Å². The first kappa shape index (κ1) is 17.8. The first-order chi connectivity index (χ1) is 11.6. The zero-order valence-corrected chi connectivity index (χ0v) is 15.3. The van der Waals surface area contributed by atoms with Gasteiger partial charge in [-0.1, -0.05) is 32.1 Å². The lowest BCUT2D eigenvalue weighted by Gasteiger charge is -2.29. The number of likely N-dealkylation sites (tertiary alicyclic amines) is 1. The molecule has 0 unspecified atom stereocenters. The second-order valence-corrected chi connectivity index (χ2v) is 8.27. The van der Waals surface area contributed by atoms with Crippen LogP contribution in [0, 0.1) is 11.8 Å². The van der Waals surface area contributed by atoms with Crippen LogP contribution in [0.1, 0.15) is 57.8 Å². The Balaban J connectivity index is 1.73. The molecule has 1 N–H and O–H groups in total. The van der Waals surface area contributed by atoms with Gasteiger partial charge >= 0.3 is 0 Å². The van der Waals surface area contributed by atoms with Gasteiger partial charge < -0.3 is 5.32 Å². The number of nitrogens with zero attached hydrogens (tertiary/aromatic N) is 1. The molecule has 3 amide bonds. The van der Waals surface area contributed by atoms with E-state index in [9.17, 15) is 14.4 Å². The number of carbonyl (C=O) groups is 3. The maximum atomic E-state index is 12.8. The Morgan fingerprint density at radius 3 is 2.12 bits per heavy atom. The fraction of sp³-hybridized carbons (Fsp3) is 0.833. The normalized spacial score (nSPS) is 29.5. The van der Waals surface area contributed by atoms with Crippen LogP contribution in [0.25, 0.3) is 0 Å². The quantitative estimate of drug-likeness (QED) is 0.771. The molecule has 3 aliphatic rings. The molecule has 3 atom stereocenters. The van der Waals surface area contributed by atoms with Gasteiger partial charge in [-0.25, -0.2) is 0 Å². The molecular formula is C18H28N2O3S. The van der Waals surface area contributed by atoms with Crippen molar-refractivity contribution >= 4 is 29.5 Å². The molecule has 1 heterocycles. The van der Waals surface area contributed by atoms with Gasteiger partial charge in [0.05, 0.1) is 11.8 Å². The van der Waals surface area contributed by atoms with Crippen molar-refractivity contribution in [3.05, 3.63) is 0 Å². The summed E-state index contributed by atoms with van der Waals surface area (Å²) in [6.45, 7) is 0. The van der Waals surface area contributed by atoms with Crippen LogP contribution < -0.4 is 5.32 Å². The molecular weight excluding hydrogens is 324 g/mol. The monoisotopic (exact) mass is 352 g/mol. The van der Waals surface area contributed by atoms with E-state index in [1.807, 2.05) is 6.26 Å². The molecule has 2 aliphatic carbocycles. The van der Waals surface area contributed by atoms with Gasteiger partial charge in [0.2, 0.25) is 17.7 Å². The largest absolute Gasteiger partial charge is 0.352 e. The molecule has 3 fully saturated rings. The average molecular weight is 353 g/mol. The third kappa shape index (κ3) is 3.48. The highest BCUT2D eigenvalue weighted by atomic mass is 32.2. The van der Waals surface area contributed by atoms with Gasteiger partial charge in [0.25, 0.3) is 0 Å². The van der Waals surface area contributed by atoms with Crippen LogP contribution in [-0.4, -0.2) is 46.7 Å². The average Bonchev–Trinajstić information content (AvgIpc) is 2.85. The highest BCUT2D eigenvalue weighted by Crippen LogP contribution is 2.39. The second kappa shape index (κ2) is 7.89. The lowest BCUT2D eigenvalue weighted by atomic mass is 9.81. The number of rotatable bonds is 5. The molecule has 0 aromatic carbocycles. The summed E-state index contributed by atoms with van der Waals surface area (Å²) in [5, 5.41) is 3.10. The Labute approximate surface area is 148 Å². The van der Waals surface area contributed by atoms with Crippen LogP contribution in [-0.2, 0) is 14.4 Å². The van der Waals surface area contributed by atoms with Crippen molar-refractivity contribution in [2.75, 3.05) is 12.0 Å². The maximum Gasteiger partial charge on any atom is 0.244 e. The number of amides is 3. The zero-order valence-electron chi connectivity index (χ0n) is 14.5. The number of imide groups is 1. The van der Waals surface area contributed by atoms with E-state index in [0.29, 0.717) is 5.75 Å². The molecule has 0 radical (unpaired) electrons. The molecule has 0 bridgehead atoms. The van der Waals surface area contributed by atoms with E-state index in [2.05, 4.69) is 5.32 Å². The van der Waals surface area contributed by atoms with Gasteiger partial charge in [-0.2, -0.15) is 11.8 Å². The molecule has 3 rings (SSSR count). The third-order valence-electron chi connectivity index (χ3n) is 5.77. The standard InChI is InChI=1S/C18H28N2O3S/c1-24-11-15(16(21)19-12-7-3-2-4-8-12)20-17(22)13-9-5-6-10-14(13)18(20)23/h12-15H,2-11H2,1H3,(H,19,21)/t13-,14-,15+/m0/s1. The van der Waals surface area contributed by atoms with E-state index in [4.69, 9.17) is 0 Å². The summed E-state index contributed by atoms with van der Waals surface area (Å²) in [5.74, 6) is -0.243. The summed E-state index contributed by atoms with van der Waals surface area (Å²) >= 11 is 1.52. The Morgan fingerprint density at radius 1 is 1.04 bits per heavy atom. The number of hydrogen-bond donors (Lipinski definition) is 1. The van der Waals surface area contributed by atoms with E-state index < -0.39 is 6.04 Å². The van der Waals surface area contributed by atoms with Crippen LogP contribution in [0.2, 0.25) is 0 Å². The fourth-order valence-electron chi connectivity index (χ4n) is 4.46. The minimum absolute atomic E-state index is 0.109. The van der Waals surface area contributed by atoms with E-state index in [1.165, 1.54) is 23.1 Å². The van der Waals surface area contributed by atoms with Gasteiger partial charge in [0, 0.05) is 11.8 Å². The van der Waals surface area contributed by atoms with Gasteiger partial charge in [0.1, 0.15) is 6.04 Å². The van der Waals surface area contributed by atoms with Crippen LogP contribution in [0.3, 0.4) is 0 Å². The Morgan fingerprint density at radius 2 is 1.58 bits per heavy atom. The van der Waals surface area contributed by atoms with Crippen molar-refractivity contribution in [1.29, 1.82) is 0 Å². The molecule has 5 nitrogen and oxygen atoms in total.